The molecule has 0 atom stereocenters. The van der Waals surface area contributed by atoms with Gasteiger partial charge >= 0.3 is 5.97 Å². The number of nitrogens with zero attached hydrogens (tertiary/aromatic N) is 1. The summed E-state index contributed by atoms with van der Waals surface area (Å²) < 4.78 is 26.7. The van der Waals surface area contributed by atoms with Gasteiger partial charge in [-0.05, 0) is 37.3 Å². The molecule has 0 aliphatic carbocycles. The van der Waals surface area contributed by atoms with Crippen LogP contribution in [0.15, 0.2) is 12.1 Å². The molecule has 5 heteroatoms. The summed E-state index contributed by atoms with van der Waals surface area (Å²) in [6.45, 7) is 1.69. The lowest BCUT2D eigenvalue weighted by molar-refractivity contribution is -0.137. The number of benzene rings is 1. The number of halogens is 2. The summed E-state index contributed by atoms with van der Waals surface area (Å²) in [5, 5.41) is 8.63. The molecule has 19 heavy (non-hydrogen) atoms. The van der Waals surface area contributed by atoms with Crippen LogP contribution in [-0.2, 0) is 11.2 Å². The third kappa shape index (κ3) is 3.43. The van der Waals surface area contributed by atoms with Crippen LogP contribution in [0.3, 0.4) is 0 Å². The van der Waals surface area contributed by atoms with Crippen molar-refractivity contribution >= 4 is 11.7 Å². The van der Waals surface area contributed by atoms with E-state index in [0.717, 1.165) is 25.9 Å². The molecule has 0 aromatic heterocycles. The highest BCUT2D eigenvalue weighted by atomic mass is 19.2. The van der Waals surface area contributed by atoms with E-state index in [-0.39, 0.29) is 6.42 Å². The van der Waals surface area contributed by atoms with Gasteiger partial charge in [-0.15, -0.1) is 0 Å². The monoisotopic (exact) mass is 269 g/mol. The number of aryl methyl sites for hydroxylation is 1. The highest BCUT2D eigenvalue weighted by Crippen LogP contribution is 2.28. The third-order valence-corrected chi connectivity index (χ3v) is 3.41. The fourth-order valence-corrected chi connectivity index (χ4v) is 2.46. The van der Waals surface area contributed by atoms with E-state index in [1.165, 1.54) is 12.1 Å². The maximum atomic E-state index is 13.4. The molecule has 1 aliphatic rings. The first-order valence-electron chi connectivity index (χ1n) is 6.52. The molecule has 0 spiro atoms. The Kier molecular flexibility index (Phi) is 4.35. The Morgan fingerprint density at radius 3 is 2.47 bits per heavy atom. The van der Waals surface area contributed by atoms with Crippen molar-refractivity contribution in [2.45, 2.75) is 32.1 Å². The lowest BCUT2D eigenvalue weighted by Crippen LogP contribution is -2.20. The summed E-state index contributed by atoms with van der Waals surface area (Å²) in [6.07, 6.45) is 3.02. The minimum Gasteiger partial charge on any atom is -0.481 e. The first-order valence-corrected chi connectivity index (χ1v) is 6.52. The molecule has 1 heterocycles. The Balaban J connectivity index is 2.18. The van der Waals surface area contributed by atoms with Gasteiger partial charge in [0.1, 0.15) is 0 Å². The van der Waals surface area contributed by atoms with Crippen LogP contribution < -0.4 is 4.90 Å². The van der Waals surface area contributed by atoms with E-state index in [4.69, 9.17) is 5.11 Å². The average molecular weight is 269 g/mol. The number of carboxylic acid groups (broad SMARTS) is 1. The van der Waals surface area contributed by atoms with Crippen molar-refractivity contribution in [3.8, 4) is 0 Å². The zero-order chi connectivity index (χ0) is 13.8. The molecule has 0 amide bonds. The van der Waals surface area contributed by atoms with Crippen LogP contribution in [0.5, 0.6) is 0 Å². The number of carboxylic acids is 1. The summed E-state index contributed by atoms with van der Waals surface area (Å²) in [5.41, 5.74) is 1.41. The Morgan fingerprint density at radius 2 is 1.84 bits per heavy atom. The van der Waals surface area contributed by atoms with Gasteiger partial charge in [0, 0.05) is 31.3 Å². The van der Waals surface area contributed by atoms with Gasteiger partial charge in [0.05, 0.1) is 0 Å². The number of hydrogen-bond donors (Lipinski definition) is 1. The van der Waals surface area contributed by atoms with Gasteiger partial charge in [-0.25, -0.2) is 8.78 Å². The molecule has 1 aliphatic heterocycles. The first-order chi connectivity index (χ1) is 9.08. The molecule has 1 fully saturated rings. The summed E-state index contributed by atoms with van der Waals surface area (Å²) in [7, 11) is 0. The molecule has 1 aromatic carbocycles. The second-order valence-electron chi connectivity index (χ2n) is 4.84. The summed E-state index contributed by atoms with van der Waals surface area (Å²) in [5.74, 6) is -2.58. The molecule has 0 bridgehead atoms. The van der Waals surface area contributed by atoms with Crippen LogP contribution in [0, 0.1) is 11.6 Å². The molecular formula is C14H17F2NO2. The second-order valence-corrected chi connectivity index (χ2v) is 4.84. The zero-order valence-electron chi connectivity index (χ0n) is 10.7. The highest BCUT2D eigenvalue weighted by molar-refractivity contribution is 5.66. The first kappa shape index (κ1) is 13.8. The SMILES string of the molecule is O=C(O)CCCc1cc(F)c(F)cc1N1CCCC1. The van der Waals surface area contributed by atoms with Gasteiger partial charge in [-0.3, -0.25) is 4.79 Å². The van der Waals surface area contributed by atoms with E-state index in [9.17, 15) is 13.6 Å². The van der Waals surface area contributed by atoms with Crippen molar-refractivity contribution in [3.05, 3.63) is 29.3 Å². The molecule has 104 valence electrons. The second kappa shape index (κ2) is 5.99. The van der Waals surface area contributed by atoms with Crippen molar-refractivity contribution in [1.29, 1.82) is 0 Å². The Morgan fingerprint density at radius 1 is 1.21 bits per heavy atom. The van der Waals surface area contributed by atoms with Crippen molar-refractivity contribution < 1.29 is 18.7 Å². The smallest absolute Gasteiger partial charge is 0.303 e. The third-order valence-electron chi connectivity index (χ3n) is 3.41. The van der Waals surface area contributed by atoms with Crippen LogP contribution in [0.1, 0.15) is 31.2 Å². The minimum absolute atomic E-state index is 0.0401. The highest BCUT2D eigenvalue weighted by Gasteiger charge is 2.18. The van der Waals surface area contributed by atoms with Crippen LogP contribution in [-0.4, -0.2) is 24.2 Å². The maximum Gasteiger partial charge on any atom is 0.303 e. The van der Waals surface area contributed by atoms with E-state index < -0.39 is 17.6 Å². The quantitative estimate of drug-likeness (QED) is 0.893. The van der Waals surface area contributed by atoms with Gasteiger partial charge in [0.25, 0.3) is 0 Å². The number of rotatable bonds is 5. The number of carbonyl (C=O) groups is 1. The predicted molar refractivity (Wildman–Crippen MR) is 68.4 cm³/mol. The summed E-state index contributed by atoms with van der Waals surface area (Å²) in [6, 6.07) is 2.43. The fraction of sp³-hybridized carbons (Fsp3) is 0.500. The number of anilines is 1. The van der Waals surface area contributed by atoms with Gasteiger partial charge in [-0.2, -0.15) is 0 Å². The van der Waals surface area contributed by atoms with E-state index in [0.29, 0.717) is 24.1 Å². The van der Waals surface area contributed by atoms with E-state index in [2.05, 4.69) is 0 Å². The lowest BCUT2D eigenvalue weighted by atomic mass is 10.0. The summed E-state index contributed by atoms with van der Waals surface area (Å²) in [4.78, 5) is 12.5. The van der Waals surface area contributed by atoms with E-state index in [1.807, 2.05) is 4.90 Å². The van der Waals surface area contributed by atoms with Crippen molar-refractivity contribution in [3.63, 3.8) is 0 Å². The largest absolute Gasteiger partial charge is 0.481 e. The molecular weight excluding hydrogens is 252 g/mol. The van der Waals surface area contributed by atoms with Crippen molar-refractivity contribution in [1.82, 2.24) is 0 Å². The standard InChI is InChI=1S/C14H17F2NO2/c15-11-8-10(4-3-5-14(18)19)13(9-12(11)16)17-6-1-2-7-17/h8-9H,1-7H2,(H,18,19). The normalized spacial score (nSPS) is 14.9. The van der Waals surface area contributed by atoms with Crippen LogP contribution >= 0.6 is 0 Å². The van der Waals surface area contributed by atoms with Gasteiger partial charge < -0.3 is 10.0 Å². The fourth-order valence-electron chi connectivity index (χ4n) is 2.46. The van der Waals surface area contributed by atoms with Gasteiger partial charge in [-0.1, -0.05) is 0 Å². The van der Waals surface area contributed by atoms with Gasteiger partial charge in [0.2, 0.25) is 0 Å². The molecule has 1 aromatic rings. The lowest BCUT2D eigenvalue weighted by Gasteiger charge is -2.21. The Bertz CT molecular complexity index is 471. The zero-order valence-corrected chi connectivity index (χ0v) is 10.7. The minimum atomic E-state index is -0.870. The molecule has 0 unspecified atom stereocenters. The predicted octanol–water partition coefficient (Wildman–Crippen LogP) is 2.97. The number of aliphatic carboxylic acids is 1. The molecule has 1 N–H and O–H groups in total. The molecule has 3 nitrogen and oxygen atoms in total. The van der Waals surface area contributed by atoms with Crippen LogP contribution in [0.25, 0.3) is 0 Å². The van der Waals surface area contributed by atoms with Crippen LogP contribution in [0.4, 0.5) is 14.5 Å². The summed E-state index contributed by atoms with van der Waals surface area (Å²) >= 11 is 0. The molecule has 0 saturated carbocycles. The van der Waals surface area contributed by atoms with E-state index in [1.54, 1.807) is 0 Å². The molecule has 1 saturated heterocycles. The number of hydrogen-bond acceptors (Lipinski definition) is 2. The molecule has 0 radical (unpaired) electrons. The topological polar surface area (TPSA) is 40.5 Å². The average Bonchev–Trinajstić information content (AvgIpc) is 2.86. The molecule has 2 rings (SSSR count). The van der Waals surface area contributed by atoms with Crippen molar-refractivity contribution in [2.75, 3.05) is 18.0 Å². The van der Waals surface area contributed by atoms with Gasteiger partial charge in [0.15, 0.2) is 11.6 Å². The van der Waals surface area contributed by atoms with Crippen LogP contribution in [0.2, 0.25) is 0 Å². The Hall–Kier alpha value is -1.65. The van der Waals surface area contributed by atoms with E-state index >= 15 is 0 Å². The maximum absolute atomic E-state index is 13.4. The van der Waals surface area contributed by atoms with Crippen molar-refractivity contribution in [2.24, 2.45) is 0 Å². The Labute approximate surface area is 110 Å².